The molecule has 0 saturated heterocycles. The smallest absolute Gasteiger partial charge is 0.0971 e. The molecule has 0 nitrogen and oxygen atoms in total. The van der Waals surface area contributed by atoms with Gasteiger partial charge in [0.1, 0.15) is 0 Å². The lowest BCUT2D eigenvalue weighted by Crippen LogP contribution is -2.13. The molecule has 0 heterocycles. The molecular weight excluding hydrogens is 375 g/mol. The van der Waals surface area contributed by atoms with E-state index in [1.54, 1.807) is 0 Å². The molecule has 1 aromatic carbocycles. The topological polar surface area (TPSA) is 0 Å². The first-order chi connectivity index (χ1) is 9.73. The molecule has 0 N–H and O–H groups in total. The monoisotopic (exact) mass is 380 g/mol. The van der Waals surface area contributed by atoms with Crippen LogP contribution in [-0.2, 0) is 0 Å². The van der Waals surface area contributed by atoms with Gasteiger partial charge in [0.05, 0.1) is 81.0 Å². The molecule has 0 aliphatic heterocycles. The lowest BCUT2D eigenvalue weighted by molar-refractivity contribution is 0.856. The van der Waals surface area contributed by atoms with Crippen molar-refractivity contribution in [1.82, 2.24) is 0 Å². The Morgan fingerprint density at radius 1 is 0.750 bits per heavy atom. The third-order valence-corrected chi connectivity index (χ3v) is 6.30. The summed E-state index contributed by atoms with van der Waals surface area (Å²) in [6.07, 6.45) is 0. The van der Waals surface area contributed by atoms with Gasteiger partial charge in [0, 0.05) is 4.90 Å². The van der Waals surface area contributed by atoms with E-state index in [4.69, 9.17) is 0 Å². The van der Waals surface area contributed by atoms with Crippen molar-refractivity contribution in [1.29, 1.82) is 0 Å². The van der Waals surface area contributed by atoms with Crippen molar-refractivity contribution in [3.8, 4) is 0 Å². The lowest BCUT2D eigenvalue weighted by Gasteiger charge is -2.30. The summed E-state index contributed by atoms with van der Waals surface area (Å²) in [4.78, 5) is -0.422. The Morgan fingerprint density at radius 3 is 1.85 bits per heavy atom. The first-order valence-electron chi connectivity index (χ1n) is 5.00. The number of rotatable bonds is 5. The van der Waals surface area contributed by atoms with Crippen LogP contribution >= 0.6 is 60.7 Å². The van der Waals surface area contributed by atoms with Crippen LogP contribution in [0.15, 0.2) is 32.9 Å². The summed E-state index contributed by atoms with van der Waals surface area (Å²) >= 11 is -1.20. The van der Waals surface area contributed by atoms with Crippen LogP contribution in [0.4, 0.5) is 19.4 Å². The van der Waals surface area contributed by atoms with Gasteiger partial charge in [0.2, 0.25) is 0 Å². The predicted molar refractivity (Wildman–Crippen MR) is 80.7 cm³/mol. The maximum Gasteiger partial charge on any atom is 0.0971 e. The molecular formula is C10H5F5S5. The van der Waals surface area contributed by atoms with E-state index in [1.807, 2.05) is 0 Å². The molecule has 0 saturated carbocycles. The minimum Gasteiger partial charge on any atom is -0.164 e. The van der Waals surface area contributed by atoms with Crippen molar-refractivity contribution in [3.63, 3.8) is 0 Å². The van der Waals surface area contributed by atoms with Gasteiger partial charge in [0.15, 0.2) is 0 Å². The Balaban J connectivity index is 2.69. The fourth-order valence-corrected chi connectivity index (χ4v) is 5.16. The highest BCUT2D eigenvalue weighted by Gasteiger charge is 2.39. The molecule has 1 aliphatic carbocycles. The molecule has 1 aromatic rings. The summed E-state index contributed by atoms with van der Waals surface area (Å²) in [7, 11) is 0. The molecule has 20 heavy (non-hydrogen) atoms. The van der Waals surface area contributed by atoms with Crippen molar-refractivity contribution >= 4 is 60.7 Å². The maximum atomic E-state index is 13.2. The second-order valence-electron chi connectivity index (χ2n) is 3.66. The minimum absolute atomic E-state index is 0.0751. The third kappa shape index (κ3) is 2.81. The second-order valence-corrected chi connectivity index (χ2v) is 6.74. The summed E-state index contributed by atoms with van der Waals surface area (Å²) in [5, 5.41) is -2.31. The molecule has 0 spiro atoms. The molecule has 0 bridgehead atoms. The molecule has 10 heteroatoms. The highest BCUT2D eigenvalue weighted by molar-refractivity contribution is 8.05. The van der Waals surface area contributed by atoms with Gasteiger partial charge in [-0.15, -0.1) is 0 Å². The van der Waals surface area contributed by atoms with Crippen LogP contribution in [0.3, 0.4) is 0 Å². The molecule has 0 amide bonds. The molecule has 2 unspecified atom stereocenters. The van der Waals surface area contributed by atoms with Crippen molar-refractivity contribution in [2.45, 2.75) is 15.4 Å². The molecule has 0 fully saturated rings. The number of halogens is 5. The van der Waals surface area contributed by atoms with E-state index in [-0.39, 0.29) is 86.6 Å². The van der Waals surface area contributed by atoms with Crippen molar-refractivity contribution in [3.05, 3.63) is 39.1 Å². The summed E-state index contributed by atoms with van der Waals surface area (Å²) in [6, 6.07) is 4.32. The normalized spacial score (nSPS) is 22.1. The number of fused-ring (bicyclic) bond motifs is 1. The number of hydrogen-bond donors (Lipinski definition) is 0. The Hall–Kier alpha value is 0.360. The zero-order valence-corrected chi connectivity index (χ0v) is 13.4. The average molecular weight is 380 g/mol. The maximum absolute atomic E-state index is 13.2. The van der Waals surface area contributed by atoms with Gasteiger partial charge in [-0.2, -0.15) is 19.4 Å². The van der Waals surface area contributed by atoms with Crippen LogP contribution in [-0.4, -0.2) is 0 Å². The Kier molecular flexibility index (Phi) is 6.33. The van der Waals surface area contributed by atoms with Crippen LogP contribution in [0, 0.1) is 0 Å². The van der Waals surface area contributed by atoms with Gasteiger partial charge < -0.3 is 0 Å². The summed E-state index contributed by atoms with van der Waals surface area (Å²) in [5.41, 5.74) is 0.411. The van der Waals surface area contributed by atoms with E-state index < -0.39 is 10.5 Å². The highest BCUT2D eigenvalue weighted by atomic mass is 32.2. The Bertz CT molecular complexity index is 523. The van der Waals surface area contributed by atoms with Crippen LogP contribution in [0.25, 0.3) is 0 Å². The zero-order valence-electron chi connectivity index (χ0n) is 9.32. The first-order valence-corrected chi connectivity index (χ1v) is 8.71. The van der Waals surface area contributed by atoms with Crippen LogP contribution in [0.1, 0.15) is 21.6 Å². The molecule has 2 atom stereocenters. The second kappa shape index (κ2) is 7.57. The van der Waals surface area contributed by atoms with Crippen LogP contribution in [0.5, 0.6) is 0 Å². The largest absolute Gasteiger partial charge is 0.164 e. The SMILES string of the molecule is FSC1=C(SF)C(SF)c2c(SF)cccc2C1SF. The summed E-state index contributed by atoms with van der Waals surface area (Å²) in [6.45, 7) is 0. The predicted octanol–water partition coefficient (Wildman–Crippen LogP) is 7.44. The van der Waals surface area contributed by atoms with E-state index in [0.717, 1.165) is 0 Å². The van der Waals surface area contributed by atoms with Gasteiger partial charge in [-0.3, -0.25) is 0 Å². The van der Waals surface area contributed by atoms with Crippen LogP contribution in [0.2, 0.25) is 0 Å². The van der Waals surface area contributed by atoms with Crippen molar-refractivity contribution in [2.75, 3.05) is 0 Å². The summed E-state index contributed by atoms with van der Waals surface area (Å²) < 4.78 is 65.4. The van der Waals surface area contributed by atoms with E-state index in [0.29, 0.717) is 0 Å². The minimum atomic E-state index is -1.19. The molecule has 0 aromatic heterocycles. The fourth-order valence-electron chi connectivity index (χ4n) is 2.00. The fraction of sp³-hybridized carbons (Fsp3) is 0.200. The Morgan fingerprint density at radius 2 is 1.35 bits per heavy atom. The molecule has 2 rings (SSSR count). The zero-order chi connectivity index (χ0) is 14.7. The standard InChI is InChI=1S/C10H5F5S5/c11-16-5-3-1-2-4-6(5)8(18-13)10(20-15)9(19-14)7(4)17-12/h1-3,7-8H. The van der Waals surface area contributed by atoms with E-state index in [9.17, 15) is 19.4 Å². The molecule has 110 valence electrons. The number of benzene rings is 1. The first kappa shape index (κ1) is 16.7. The van der Waals surface area contributed by atoms with Gasteiger partial charge in [-0.05, 0) is 17.2 Å². The average Bonchev–Trinajstić information content (AvgIpc) is 2.51. The van der Waals surface area contributed by atoms with E-state index in [1.165, 1.54) is 18.2 Å². The van der Waals surface area contributed by atoms with Gasteiger partial charge >= 0.3 is 0 Å². The van der Waals surface area contributed by atoms with Gasteiger partial charge in [-0.1, -0.05) is 12.1 Å². The van der Waals surface area contributed by atoms with Crippen molar-refractivity contribution < 1.29 is 19.4 Å². The summed E-state index contributed by atoms with van der Waals surface area (Å²) in [5.74, 6) is 0. The van der Waals surface area contributed by atoms with E-state index >= 15 is 0 Å². The Labute approximate surface area is 134 Å². The highest BCUT2D eigenvalue weighted by Crippen LogP contribution is 2.60. The van der Waals surface area contributed by atoms with E-state index in [2.05, 4.69) is 0 Å². The van der Waals surface area contributed by atoms with Gasteiger partial charge in [0.25, 0.3) is 0 Å². The quantitative estimate of drug-likeness (QED) is 0.485. The van der Waals surface area contributed by atoms with Crippen LogP contribution < -0.4 is 0 Å². The van der Waals surface area contributed by atoms with Gasteiger partial charge in [-0.25, -0.2) is 0 Å². The van der Waals surface area contributed by atoms with Crippen molar-refractivity contribution in [2.24, 2.45) is 0 Å². The molecule has 1 aliphatic rings. The third-order valence-electron chi connectivity index (χ3n) is 2.79. The number of hydrogen-bond acceptors (Lipinski definition) is 5. The lowest BCUT2D eigenvalue weighted by atomic mass is 9.95. The molecule has 0 radical (unpaired) electrons.